The molecule has 1 aliphatic heterocycles. The molecule has 7 heteroatoms. The lowest BCUT2D eigenvalue weighted by atomic mass is 10.1. The quantitative estimate of drug-likeness (QED) is 0.907. The van der Waals surface area contributed by atoms with Crippen LogP contribution in [0.4, 0.5) is 16.2 Å². The Hall–Kier alpha value is -2.54. The molecule has 25 heavy (non-hydrogen) atoms. The lowest BCUT2D eigenvalue weighted by Crippen LogP contribution is -2.23. The molecule has 1 N–H and O–H groups in total. The van der Waals surface area contributed by atoms with E-state index < -0.39 is 10.0 Å². The Balaban J connectivity index is 1.85. The molecule has 0 aromatic heterocycles. The second-order valence-corrected chi connectivity index (χ2v) is 7.77. The van der Waals surface area contributed by atoms with E-state index >= 15 is 0 Å². The first-order valence-electron chi connectivity index (χ1n) is 7.93. The predicted octanol–water partition coefficient (Wildman–Crippen LogP) is 3.37. The number of rotatable bonds is 4. The van der Waals surface area contributed by atoms with E-state index in [1.165, 1.54) is 4.90 Å². The second-order valence-electron chi connectivity index (χ2n) is 6.15. The van der Waals surface area contributed by atoms with Gasteiger partial charge in [0.1, 0.15) is 6.61 Å². The summed E-state index contributed by atoms with van der Waals surface area (Å²) in [5, 5.41) is 0. The van der Waals surface area contributed by atoms with Crippen LogP contribution in [0.3, 0.4) is 0 Å². The molecule has 1 saturated heterocycles. The highest BCUT2D eigenvalue weighted by atomic mass is 32.2. The summed E-state index contributed by atoms with van der Waals surface area (Å²) in [6.07, 6.45) is -0.390. The molecule has 1 amide bonds. The normalized spacial score (nSPS) is 14.5. The van der Waals surface area contributed by atoms with Gasteiger partial charge in [0, 0.05) is 11.4 Å². The molecule has 132 valence electrons. The Morgan fingerprint density at radius 3 is 2.16 bits per heavy atom. The molecule has 0 radical (unpaired) electrons. The molecular weight excluding hydrogens is 340 g/mol. The summed E-state index contributed by atoms with van der Waals surface area (Å²) in [6, 6.07) is 10.4. The minimum Gasteiger partial charge on any atom is -0.447 e. The number of sulfonamides is 1. The van der Waals surface area contributed by atoms with Gasteiger partial charge < -0.3 is 4.74 Å². The molecule has 0 spiro atoms. The van der Waals surface area contributed by atoms with Crippen molar-refractivity contribution in [2.45, 2.75) is 25.7 Å². The zero-order chi connectivity index (χ0) is 18.2. The van der Waals surface area contributed by atoms with Gasteiger partial charge in [0.05, 0.1) is 11.4 Å². The van der Waals surface area contributed by atoms with E-state index in [1.807, 2.05) is 19.1 Å². The topological polar surface area (TPSA) is 75.7 Å². The van der Waals surface area contributed by atoms with E-state index in [4.69, 9.17) is 4.74 Å². The van der Waals surface area contributed by atoms with Gasteiger partial charge in [-0.1, -0.05) is 17.7 Å². The number of anilines is 2. The maximum Gasteiger partial charge on any atom is 0.414 e. The van der Waals surface area contributed by atoms with Crippen molar-refractivity contribution < 1.29 is 17.9 Å². The average Bonchev–Trinajstić information content (AvgIpc) is 2.92. The molecule has 0 atom stereocenters. The Kier molecular flexibility index (Phi) is 4.43. The van der Waals surface area contributed by atoms with Gasteiger partial charge in [0.2, 0.25) is 0 Å². The zero-order valence-corrected chi connectivity index (χ0v) is 15.2. The van der Waals surface area contributed by atoms with Crippen LogP contribution in [0, 0.1) is 20.8 Å². The maximum atomic E-state index is 12.8. The smallest absolute Gasteiger partial charge is 0.414 e. The van der Waals surface area contributed by atoms with Gasteiger partial charge >= 0.3 is 6.09 Å². The Bertz CT molecular complexity index is 898. The van der Waals surface area contributed by atoms with Gasteiger partial charge in [-0.05, 0) is 56.2 Å². The standard InChI is InChI=1S/C18H20N2O4S/c1-12-10-13(2)17(14(3)11-12)25(22,23)19-15-4-6-16(7-5-15)20-8-9-24-18(20)21/h4-7,10-11,19H,8-9H2,1-3H3. The number of carbonyl (C=O) groups excluding carboxylic acids is 1. The van der Waals surface area contributed by atoms with Gasteiger partial charge in [0.15, 0.2) is 0 Å². The molecule has 1 aliphatic rings. The number of hydrogen-bond acceptors (Lipinski definition) is 4. The summed E-state index contributed by atoms with van der Waals surface area (Å²) in [5.74, 6) is 0. The Labute approximate surface area is 147 Å². The number of benzene rings is 2. The average molecular weight is 360 g/mol. The number of nitrogens with one attached hydrogen (secondary N) is 1. The highest BCUT2D eigenvalue weighted by Crippen LogP contribution is 2.26. The number of aryl methyl sites for hydroxylation is 3. The largest absolute Gasteiger partial charge is 0.447 e. The fourth-order valence-corrected chi connectivity index (χ4v) is 4.65. The lowest BCUT2D eigenvalue weighted by Gasteiger charge is -2.15. The first kappa shape index (κ1) is 17.3. The number of ether oxygens (including phenoxy) is 1. The molecule has 1 fully saturated rings. The number of nitrogens with zero attached hydrogens (tertiary/aromatic N) is 1. The van der Waals surface area contributed by atoms with Gasteiger partial charge in [-0.25, -0.2) is 13.2 Å². The minimum atomic E-state index is -3.69. The molecule has 0 aliphatic carbocycles. The molecule has 6 nitrogen and oxygen atoms in total. The first-order chi connectivity index (χ1) is 11.8. The van der Waals surface area contributed by atoms with Crippen molar-refractivity contribution in [1.82, 2.24) is 0 Å². The fraction of sp³-hybridized carbons (Fsp3) is 0.278. The van der Waals surface area contributed by atoms with Crippen molar-refractivity contribution >= 4 is 27.5 Å². The van der Waals surface area contributed by atoms with Crippen molar-refractivity contribution in [3.8, 4) is 0 Å². The molecular formula is C18H20N2O4S. The fourth-order valence-electron chi connectivity index (χ4n) is 3.13. The van der Waals surface area contributed by atoms with Gasteiger partial charge in [-0.2, -0.15) is 0 Å². The van der Waals surface area contributed by atoms with Crippen LogP contribution in [0.2, 0.25) is 0 Å². The third-order valence-electron chi connectivity index (χ3n) is 4.07. The van der Waals surface area contributed by atoms with E-state index in [0.717, 1.165) is 5.56 Å². The zero-order valence-electron chi connectivity index (χ0n) is 14.4. The monoisotopic (exact) mass is 360 g/mol. The third kappa shape index (κ3) is 3.46. The van der Waals surface area contributed by atoms with Crippen LogP contribution in [-0.4, -0.2) is 27.7 Å². The van der Waals surface area contributed by atoms with Crippen molar-refractivity contribution in [2.24, 2.45) is 0 Å². The summed E-state index contributed by atoms with van der Waals surface area (Å²) in [4.78, 5) is 13.4. The molecule has 3 rings (SSSR count). The van der Waals surface area contributed by atoms with E-state index in [9.17, 15) is 13.2 Å². The minimum absolute atomic E-state index is 0.297. The lowest BCUT2D eigenvalue weighted by molar-refractivity contribution is 0.181. The molecule has 2 aromatic carbocycles. The van der Waals surface area contributed by atoms with E-state index in [0.29, 0.717) is 40.5 Å². The molecule has 2 aromatic rings. The highest BCUT2D eigenvalue weighted by molar-refractivity contribution is 7.92. The first-order valence-corrected chi connectivity index (χ1v) is 9.41. The highest BCUT2D eigenvalue weighted by Gasteiger charge is 2.24. The van der Waals surface area contributed by atoms with Crippen LogP contribution in [0.25, 0.3) is 0 Å². The second kappa shape index (κ2) is 6.40. The van der Waals surface area contributed by atoms with Gasteiger partial charge in [0.25, 0.3) is 10.0 Å². The number of carbonyl (C=O) groups is 1. The number of hydrogen-bond donors (Lipinski definition) is 1. The van der Waals surface area contributed by atoms with E-state index in [-0.39, 0.29) is 6.09 Å². The summed E-state index contributed by atoms with van der Waals surface area (Å²) in [5.41, 5.74) is 3.56. The molecule has 0 unspecified atom stereocenters. The van der Waals surface area contributed by atoms with Gasteiger partial charge in [-0.15, -0.1) is 0 Å². The summed E-state index contributed by atoms with van der Waals surface area (Å²) in [7, 11) is -3.69. The molecule has 0 bridgehead atoms. The van der Waals surface area contributed by atoms with E-state index in [1.54, 1.807) is 38.1 Å². The van der Waals surface area contributed by atoms with Gasteiger partial charge in [-0.3, -0.25) is 9.62 Å². The van der Waals surface area contributed by atoms with Crippen LogP contribution in [0.1, 0.15) is 16.7 Å². The summed E-state index contributed by atoms with van der Waals surface area (Å²) in [6.45, 7) is 6.37. The van der Waals surface area contributed by atoms with Crippen LogP contribution in [0.15, 0.2) is 41.3 Å². The van der Waals surface area contributed by atoms with Crippen LogP contribution < -0.4 is 9.62 Å². The number of cyclic esters (lactones) is 1. The SMILES string of the molecule is Cc1cc(C)c(S(=O)(=O)Nc2ccc(N3CCOC3=O)cc2)c(C)c1. The van der Waals surface area contributed by atoms with E-state index in [2.05, 4.69) is 4.72 Å². The maximum absolute atomic E-state index is 12.8. The molecule has 1 heterocycles. The number of amides is 1. The summed E-state index contributed by atoms with van der Waals surface area (Å²) < 4.78 is 33.0. The third-order valence-corrected chi connectivity index (χ3v) is 5.75. The van der Waals surface area contributed by atoms with Crippen LogP contribution >= 0.6 is 0 Å². The van der Waals surface area contributed by atoms with Crippen LogP contribution in [0.5, 0.6) is 0 Å². The Morgan fingerprint density at radius 2 is 1.64 bits per heavy atom. The Morgan fingerprint density at radius 1 is 1.04 bits per heavy atom. The van der Waals surface area contributed by atoms with Crippen molar-refractivity contribution in [1.29, 1.82) is 0 Å². The van der Waals surface area contributed by atoms with Crippen molar-refractivity contribution in [3.05, 3.63) is 53.1 Å². The predicted molar refractivity (Wildman–Crippen MR) is 96.6 cm³/mol. The van der Waals surface area contributed by atoms with Crippen LogP contribution in [-0.2, 0) is 14.8 Å². The van der Waals surface area contributed by atoms with Crippen molar-refractivity contribution in [2.75, 3.05) is 22.8 Å². The summed E-state index contributed by atoms with van der Waals surface area (Å²) >= 11 is 0. The van der Waals surface area contributed by atoms with Crippen molar-refractivity contribution in [3.63, 3.8) is 0 Å². The molecule has 0 saturated carbocycles.